The van der Waals surface area contributed by atoms with E-state index in [0.29, 0.717) is 24.8 Å². The molecule has 16 heavy (non-hydrogen) atoms. The molecule has 1 unspecified atom stereocenters. The first kappa shape index (κ1) is 12.7. The van der Waals surface area contributed by atoms with Crippen LogP contribution in [0.25, 0.3) is 0 Å². The Bertz CT molecular complexity index is 386. The average molecular weight is 224 g/mol. The van der Waals surface area contributed by atoms with Gasteiger partial charge < -0.3 is 15.6 Å². The van der Waals surface area contributed by atoms with Gasteiger partial charge >= 0.3 is 0 Å². The minimum Gasteiger partial charge on any atom is -0.364 e. The molecular weight excluding hydrogens is 204 g/mol. The van der Waals surface area contributed by atoms with Gasteiger partial charge in [-0.05, 0) is 12.8 Å². The molecule has 0 bridgehead atoms. The van der Waals surface area contributed by atoms with Crippen molar-refractivity contribution in [1.82, 2.24) is 9.55 Å². The van der Waals surface area contributed by atoms with E-state index in [2.05, 4.69) is 24.1 Å². The van der Waals surface area contributed by atoms with Crippen LogP contribution in [0.4, 0.5) is 5.82 Å². The smallest absolute Gasteiger partial charge is 0.293 e. The first-order valence-corrected chi connectivity index (χ1v) is 5.61. The fourth-order valence-electron chi connectivity index (χ4n) is 1.27. The number of anilines is 1. The van der Waals surface area contributed by atoms with Crippen LogP contribution in [0.5, 0.6) is 0 Å². The molecule has 0 aliphatic heterocycles. The first-order valence-electron chi connectivity index (χ1n) is 5.61. The van der Waals surface area contributed by atoms with Crippen molar-refractivity contribution >= 4 is 5.82 Å². The molecule has 5 nitrogen and oxygen atoms in total. The van der Waals surface area contributed by atoms with Crippen LogP contribution in [-0.4, -0.2) is 22.1 Å². The molecule has 0 saturated heterocycles. The third-order valence-electron chi connectivity index (χ3n) is 2.62. The largest absolute Gasteiger partial charge is 0.364 e. The molecule has 0 aliphatic carbocycles. The SMILES string of the molecule is CCn1ccnc(NCC(N)C(C)C)c1=O. The molecule has 90 valence electrons. The first-order chi connectivity index (χ1) is 7.56. The molecule has 0 spiro atoms. The molecule has 0 aliphatic rings. The summed E-state index contributed by atoms with van der Waals surface area (Å²) in [4.78, 5) is 15.8. The standard InChI is InChI=1S/C11H20N4O/c1-4-15-6-5-13-10(11(15)16)14-7-9(12)8(2)3/h5-6,8-9H,4,7,12H2,1-3H3,(H,13,14). The van der Waals surface area contributed by atoms with Crippen LogP contribution in [0.1, 0.15) is 20.8 Å². The van der Waals surface area contributed by atoms with Gasteiger partial charge in [-0.3, -0.25) is 4.79 Å². The second-order valence-corrected chi connectivity index (χ2v) is 4.16. The third kappa shape index (κ3) is 3.06. The zero-order valence-corrected chi connectivity index (χ0v) is 10.1. The lowest BCUT2D eigenvalue weighted by atomic mass is 10.1. The van der Waals surface area contributed by atoms with Crippen LogP contribution in [-0.2, 0) is 6.54 Å². The van der Waals surface area contributed by atoms with Crippen molar-refractivity contribution in [2.75, 3.05) is 11.9 Å². The molecule has 1 rings (SSSR count). The number of aromatic nitrogens is 2. The van der Waals surface area contributed by atoms with E-state index in [4.69, 9.17) is 5.73 Å². The Kier molecular flexibility index (Phi) is 4.49. The quantitative estimate of drug-likeness (QED) is 0.770. The van der Waals surface area contributed by atoms with Gasteiger partial charge in [0.05, 0.1) is 0 Å². The lowest BCUT2D eigenvalue weighted by Crippen LogP contribution is -2.36. The number of hydrogen-bond acceptors (Lipinski definition) is 4. The van der Waals surface area contributed by atoms with Crippen molar-refractivity contribution in [2.45, 2.75) is 33.4 Å². The Hall–Kier alpha value is -1.36. The van der Waals surface area contributed by atoms with Gasteiger partial charge in [-0.2, -0.15) is 0 Å². The van der Waals surface area contributed by atoms with Crippen LogP contribution in [0.2, 0.25) is 0 Å². The molecule has 0 amide bonds. The van der Waals surface area contributed by atoms with E-state index in [1.165, 1.54) is 0 Å². The molecule has 1 aromatic rings. The normalized spacial score (nSPS) is 12.8. The molecule has 1 atom stereocenters. The highest BCUT2D eigenvalue weighted by Crippen LogP contribution is 1.99. The summed E-state index contributed by atoms with van der Waals surface area (Å²) in [6, 6.07) is 0.0245. The van der Waals surface area contributed by atoms with Crippen molar-refractivity contribution in [1.29, 1.82) is 0 Å². The molecule has 3 N–H and O–H groups in total. The number of nitrogens with one attached hydrogen (secondary N) is 1. The van der Waals surface area contributed by atoms with E-state index in [1.54, 1.807) is 17.0 Å². The minimum absolute atomic E-state index is 0.0245. The zero-order valence-electron chi connectivity index (χ0n) is 10.1. The number of aryl methyl sites for hydroxylation is 1. The molecule has 0 fully saturated rings. The molecule has 5 heteroatoms. The van der Waals surface area contributed by atoms with Gasteiger partial charge in [0, 0.05) is 31.5 Å². The van der Waals surface area contributed by atoms with Crippen molar-refractivity contribution in [2.24, 2.45) is 11.7 Å². The Balaban J connectivity index is 2.71. The highest BCUT2D eigenvalue weighted by Gasteiger charge is 2.09. The maximum atomic E-state index is 11.8. The monoisotopic (exact) mass is 224 g/mol. The number of nitrogens with zero attached hydrogens (tertiary/aromatic N) is 2. The van der Waals surface area contributed by atoms with Crippen molar-refractivity contribution in [3.8, 4) is 0 Å². The van der Waals surface area contributed by atoms with Gasteiger partial charge in [-0.1, -0.05) is 13.8 Å². The highest BCUT2D eigenvalue weighted by molar-refractivity contribution is 5.30. The van der Waals surface area contributed by atoms with Crippen molar-refractivity contribution < 1.29 is 0 Å². The summed E-state index contributed by atoms with van der Waals surface area (Å²) >= 11 is 0. The topological polar surface area (TPSA) is 72.9 Å². The summed E-state index contributed by atoms with van der Waals surface area (Å²) in [6.45, 7) is 7.23. The summed E-state index contributed by atoms with van der Waals surface area (Å²) in [7, 11) is 0. The number of hydrogen-bond donors (Lipinski definition) is 2. The molecule has 1 heterocycles. The van der Waals surface area contributed by atoms with Crippen molar-refractivity contribution in [3.05, 3.63) is 22.7 Å². The van der Waals surface area contributed by atoms with Crippen LogP contribution >= 0.6 is 0 Å². The Morgan fingerprint density at radius 3 is 2.81 bits per heavy atom. The van der Waals surface area contributed by atoms with E-state index in [1.807, 2.05) is 6.92 Å². The summed E-state index contributed by atoms with van der Waals surface area (Å²) in [6.07, 6.45) is 3.30. The summed E-state index contributed by atoms with van der Waals surface area (Å²) in [5.41, 5.74) is 5.79. The third-order valence-corrected chi connectivity index (χ3v) is 2.62. The molecule has 0 saturated carbocycles. The number of nitrogens with two attached hydrogens (primary N) is 1. The van der Waals surface area contributed by atoms with E-state index >= 15 is 0 Å². The van der Waals surface area contributed by atoms with Gasteiger partial charge in [-0.15, -0.1) is 0 Å². The van der Waals surface area contributed by atoms with Crippen LogP contribution in [0.15, 0.2) is 17.2 Å². The van der Waals surface area contributed by atoms with E-state index in [9.17, 15) is 4.79 Å². The van der Waals surface area contributed by atoms with E-state index < -0.39 is 0 Å². The van der Waals surface area contributed by atoms with E-state index in [0.717, 1.165) is 0 Å². The number of rotatable bonds is 5. The maximum Gasteiger partial charge on any atom is 0.293 e. The average Bonchev–Trinajstić information content (AvgIpc) is 2.27. The molecule has 0 aromatic carbocycles. The fraction of sp³-hybridized carbons (Fsp3) is 0.636. The van der Waals surface area contributed by atoms with Gasteiger partial charge in [-0.25, -0.2) is 4.98 Å². The van der Waals surface area contributed by atoms with Crippen LogP contribution < -0.4 is 16.6 Å². The van der Waals surface area contributed by atoms with Gasteiger partial charge in [0.25, 0.3) is 5.56 Å². The second-order valence-electron chi connectivity index (χ2n) is 4.16. The lowest BCUT2D eigenvalue weighted by molar-refractivity contribution is 0.510. The van der Waals surface area contributed by atoms with Gasteiger partial charge in [0.15, 0.2) is 5.82 Å². The summed E-state index contributed by atoms with van der Waals surface area (Å²) in [5.74, 6) is 0.755. The minimum atomic E-state index is -0.0963. The second kappa shape index (κ2) is 5.65. The predicted octanol–water partition coefficient (Wildman–Crippen LogP) is 0.658. The zero-order chi connectivity index (χ0) is 12.1. The van der Waals surface area contributed by atoms with Gasteiger partial charge in [0.2, 0.25) is 0 Å². The Labute approximate surface area is 95.7 Å². The van der Waals surface area contributed by atoms with Crippen LogP contribution in [0.3, 0.4) is 0 Å². The predicted molar refractivity (Wildman–Crippen MR) is 65.5 cm³/mol. The Morgan fingerprint density at radius 1 is 1.56 bits per heavy atom. The lowest BCUT2D eigenvalue weighted by Gasteiger charge is -2.16. The van der Waals surface area contributed by atoms with Gasteiger partial charge in [0.1, 0.15) is 0 Å². The maximum absolute atomic E-state index is 11.8. The summed E-state index contributed by atoms with van der Waals surface area (Å²) < 4.78 is 1.61. The molecular formula is C11H20N4O. The van der Waals surface area contributed by atoms with Crippen LogP contribution in [0, 0.1) is 5.92 Å². The fourth-order valence-corrected chi connectivity index (χ4v) is 1.27. The van der Waals surface area contributed by atoms with E-state index in [-0.39, 0.29) is 11.6 Å². The van der Waals surface area contributed by atoms with Crippen molar-refractivity contribution in [3.63, 3.8) is 0 Å². The Morgan fingerprint density at radius 2 is 2.25 bits per heavy atom. The molecule has 1 aromatic heterocycles. The summed E-state index contributed by atoms with van der Waals surface area (Å²) in [5, 5.41) is 3.00. The highest BCUT2D eigenvalue weighted by atomic mass is 16.1. The molecule has 0 radical (unpaired) electrons.